The van der Waals surface area contributed by atoms with E-state index in [-0.39, 0.29) is 5.41 Å². The van der Waals surface area contributed by atoms with Crippen molar-refractivity contribution in [2.24, 2.45) is 5.41 Å². The number of rotatable bonds is 5. The Morgan fingerprint density at radius 1 is 1.33 bits per heavy atom. The van der Waals surface area contributed by atoms with Crippen molar-refractivity contribution in [2.45, 2.75) is 26.3 Å². The Morgan fingerprint density at radius 2 is 2.11 bits per heavy atom. The molecule has 2 aromatic rings. The molecule has 0 saturated heterocycles. The van der Waals surface area contributed by atoms with E-state index in [2.05, 4.69) is 11.4 Å². The molecule has 1 saturated carbocycles. The van der Waals surface area contributed by atoms with Crippen LogP contribution in [0.15, 0.2) is 28.7 Å². The van der Waals surface area contributed by atoms with Gasteiger partial charge >= 0.3 is 0 Å². The van der Waals surface area contributed by atoms with E-state index in [0.717, 1.165) is 37.3 Å². The minimum absolute atomic E-state index is 0.160. The highest BCUT2D eigenvalue weighted by molar-refractivity contribution is 5.82. The van der Waals surface area contributed by atoms with Gasteiger partial charge < -0.3 is 14.8 Å². The first-order chi connectivity index (χ1) is 8.74. The van der Waals surface area contributed by atoms with Gasteiger partial charge in [0.25, 0.3) is 0 Å². The van der Waals surface area contributed by atoms with Crippen LogP contribution in [-0.2, 0) is 6.54 Å². The SMILES string of the molecule is Cc1oc2ccccc2c1CNCC1(CO)CC1. The van der Waals surface area contributed by atoms with Gasteiger partial charge in [-0.25, -0.2) is 0 Å². The van der Waals surface area contributed by atoms with Gasteiger partial charge in [-0.05, 0) is 25.8 Å². The van der Waals surface area contributed by atoms with Crippen LogP contribution in [0.25, 0.3) is 11.0 Å². The van der Waals surface area contributed by atoms with E-state index in [1.165, 1.54) is 10.9 Å². The molecular weight excluding hydrogens is 226 g/mol. The lowest BCUT2D eigenvalue weighted by Crippen LogP contribution is -2.26. The summed E-state index contributed by atoms with van der Waals surface area (Å²) in [6.45, 7) is 4.01. The smallest absolute Gasteiger partial charge is 0.134 e. The third-order valence-corrected chi connectivity index (χ3v) is 3.99. The van der Waals surface area contributed by atoms with Crippen LogP contribution in [-0.4, -0.2) is 18.3 Å². The predicted octanol–water partition coefficient (Wildman–Crippen LogP) is 2.60. The van der Waals surface area contributed by atoms with E-state index in [4.69, 9.17) is 4.42 Å². The topological polar surface area (TPSA) is 45.4 Å². The van der Waals surface area contributed by atoms with Crippen molar-refractivity contribution in [1.29, 1.82) is 0 Å². The summed E-state index contributed by atoms with van der Waals surface area (Å²) in [4.78, 5) is 0. The molecule has 1 aromatic heterocycles. The fourth-order valence-corrected chi connectivity index (χ4v) is 2.46. The molecule has 0 radical (unpaired) electrons. The van der Waals surface area contributed by atoms with E-state index in [1.807, 2.05) is 25.1 Å². The maximum Gasteiger partial charge on any atom is 0.134 e. The van der Waals surface area contributed by atoms with E-state index in [9.17, 15) is 5.11 Å². The third-order valence-electron chi connectivity index (χ3n) is 3.99. The summed E-state index contributed by atoms with van der Waals surface area (Å²) in [5.41, 5.74) is 2.35. The van der Waals surface area contributed by atoms with Gasteiger partial charge in [-0.3, -0.25) is 0 Å². The van der Waals surface area contributed by atoms with Crippen LogP contribution < -0.4 is 5.32 Å². The van der Waals surface area contributed by atoms with Gasteiger partial charge in [0.05, 0.1) is 0 Å². The Hall–Kier alpha value is -1.32. The largest absolute Gasteiger partial charge is 0.461 e. The van der Waals surface area contributed by atoms with Gasteiger partial charge in [-0.1, -0.05) is 18.2 Å². The summed E-state index contributed by atoms with van der Waals surface area (Å²) in [6.07, 6.45) is 2.28. The zero-order valence-electron chi connectivity index (χ0n) is 10.7. The molecule has 0 spiro atoms. The van der Waals surface area contributed by atoms with Gasteiger partial charge in [0, 0.05) is 36.1 Å². The third kappa shape index (κ3) is 2.04. The monoisotopic (exact) mass is 245 g/mol. The Balaban J connectivity index is 1.72. The quantitative estimate of drug-likeness (QED) is 0.851. The second kappa shape index (κ2) is 4.41. The molecule has 3 rings (SSSR count). The molecule has 1 aliphatic rings. The first kappa shape index (κ1) is 11.8. The molecule has 96 valence electrons. The van der Waals surface area contributed by atoms with E-state index < -0.39 is 0 Å². The summed E-state index contributed by atoms with van der Waals surface area (Å²) in [5.74, 6) is 0.984. The highest BCUT2D eigenvalue weighted by Crippen LogP contribution is 2.44. The van der Waals surface area contributed by atoms with Gasteiger partial charge in [0.1, 0.15) is 11.3 Å². The van der Waals surface area contributed by atoms with Crippen molar-refractivity contribution in [3.63, 3.8) is 0 Å². The Labute approximate surface area is 107 Å². The highest BCUT2D eigenvalue weighted by Gasteiger charge is 2.41. The summed E-state index contributed by atoms with van der Waals surface area (Å²) in [6, 6.07) is 8.13. The summed E-state index contributed by atoms with van der Waals surface area (Å²) >= 11 is 0. The van der Waals surface area contributed by atoms with Crippen LogP contribution in [0.1, 0.15) is 24.2 Å². The Kier molecular flexibility index (Phi) is 2.88. The average Bonchev–Trinajstić information content (AvgIpc) is 3.09. The molecule has 1 aliphatic carbocycles. The highest BCUT2D eigenvalue weighted by atomic mass is 16.3. The molecule has 0 unspecified atom stereocenters. The first-order valence-corrected chi connectivity index (χ1v) is 6.53. The molecule has 0 bridgehead atoms. The number of aliphatic hydroxyl groups excluding tert-OH is 1. The summed E-state index contributed by atoms with van der Waals surface area (Å²) in [7, 11) is 0. The molecule has 3 heteroatoms. The molecule has 0 atom stereocenters. The van der Waals surface area contributed by atoms with E-state index >= 15 is 0 Å². The van der Waals surface area contributed by atoms with Crippen molar-refractivity contribution in [3.8, 4) is 0 Å². The maximum absolute atomic E-state index is 9.28. The predicted molar refractivity (Wildman–Crippen MR) is 71.4 cm³/mol. The number of hydrogen-bond donors (Lipinski definition) is 2. The van der Waals surface area contributed by atoms with Crippen LogP contribution in [0.4, 0.5) is 0 Å². The van der Waals surface area contributed by atoms with Gasteiger partial charge in [-0.2, -0.15) is 0 Å². The molecule has 1 heterocycles. The standard InChI is InChI=1S/C15H19NO2/c1-11-13(8-16-9-15(10-17)6-7-15)12-4-2-3-5-14(12)18-11/h2-5,16-17H,6-10H2,1H3. The minimum atomic E-state index is 0.160. The lowest BCUT2D eigenvalue weighted by molar-refractivity contribution is 0.207. The molecule has 2 N–H and O–H groups in total. The number of para-hydroxylation sites is 1. The number of furan rings is 1. The van der Waals surface area contributed by atoms with Gasteiger partial charge in [0.15, 0.2) is 0 Å². The minimum Gasteiger partial charge on any atom is -0.461 e. The normalized spacial score (nSPS) is 17.2. The van der Waals surface area contributed by atoms with Crippen molar-refractivity contribution in [1.82, 2.24) is 5.32 Å². The number of aliphatic hydroxyl groups is 1. The Bertz CT molecular complexity index is 555. The molecular formula is C15H19NO2. The number of fused-ring (bicyclic) bond motifs is 1. The van der Waals surface area contributed by atoms with Crippen LogP contribution in [0.3, 0.4) is 0 Å². The molecule has 18 heavy (non-hydrogen) atoms. The first-order valence-electron chi connectivity index (χ1n) is 6.53. The number of nitrogens with one attached hydrogen (secondary N) is 1. The zero-order chi connectivity index (χ0) is 12.6. The van der Waals surface area contributed by atoms with E-state index in [0.29, 0.717) is 6.61 Å². The fraction of sp³-hybridized carbons (Fsp3) is 0.467. The summed E-state index contributed by atoms with van der Waals surface area (Å²) in [5, 5.41) is 13.9. The fourth-order valence-electron chi connectivity index (χ4n) is 2.46. The van der Waals surface area contributed by atoms with Crippen LogP contribution in [0.2, 0.25) is 0 Å². The van der Waals surface area contributed by atoms with Crippen molar-refractivity contribution >= 4 is 11.0 Å². The number of benzene rings is 1. The van der Waals surface area contributed by atoms with Gasteiger partial charge in [-0.15, -0.1) is 0 Å². The van der Waals surface area contributed by atoms with Gasteiger partial charge in [0.2, 0.25) is 0 Å². The van der Waals surface area contributed by atoms with Crippen molar-refractivity contribution in [3.05, 3.63) is 35.6 Å². The van der Waals surface area contributed by atoms with Crippen molar-refractivity contribution in [2.75, 3.05) is 13.2 Å². The maximum atomic E-state index is 9.28. The number of hydrogen-bond acceptors (Lipinski definition) is 3. The molecule has 3 nitrogen and oxygen atoms in total. The van der Waals surface area contributed by atoms with Crippen molar-refractivity contribution < 1.29 is 9.52 Å². The second-order valence-corrected chi connectivity index (χ2v) is 5.39. The second-order valence-electron chi connectivity index (χ2n) is 5.39. The lowest BCUT2D eigenvalue weighted by atomic mass is 10.1. The van der Waals surface area contributed by atoms with Crippen LogP contribution in [0, 0.1) is 12.3 Å². The molecule has 1 fully saturated rings. The average molecular weight is 245 g/mol. The molecule has 0 amide bonds. The number of aryl methyl sites for hydroxylation is 1. The van der Waals surface area contributed by atoms with Crippen LogP contribution >= 0.6 is 0 Å². The lowest BCUT2D eigenvalue weighted by Gasteiger charge is -2.12. The van der Waals surface area contributed by atoms with Crippen LogP contribution in [0.5, 0.6) is 0 Å². The summed E-state index contributed by atoms with van der Waals surface area (Å²) < 4.78 is 5.73. The van der Waals surface area contributed by atoms with E-state index in [1.54, 1.807) is 0 Å². The Morgan fingerprint density at radius 3 is 2.83 bits per heavy atom. The molecule has 0 aliphatic heterocycles. The zero-order valence-corrected chi connectivity index (χ0v) is 10.7. The molecule has 1 aromatic carbocycles.